The zero-order chi connectivity index (χ0) is 17.9. The minimum Gasteiger partial charge on any atom is -0.494 e. The van der Waals surface area contributed by atoms with Crippen LogP contribution in [0.2, 0.25) is 0 Å². The van der Waals surface area contributed by atoms with E-state index in [9.17, 15) is 14.7 Å². The van der Waals surface area contributed by atoms with Crippen LogP contribution in [-0.2, 0) is 9.59 Å². The van der Waals surface area contributed by atoms with Gasteiger partial charge in [0.2, 0.25) is 5.91 Å². The van der Waals surface area contributed by atoms with Crippen molar-refractivity contribution in [3.63, 3.8) is 0 Å². The van der Waals surface area contributed by atoms with E-state index in [1.54, 1.807) is 31.2 Å². The highest BCUT2D eigenvalue weighted by Gasteiger charge is 2.23. The summed E-state index contributed by atoms with van der Waals surface area (Å²) in [5.41, 5.74) is 0.612. The number of carboxylic acids is 1. The van der Waals surface area contributed by atoms with Crippen molar-refractivity contribution in [1.82, 2.24) is 5.32 Å². The van der Waals surface area contributed by atoms with E-state index in [1.165, 1.54) is 6.42 Å². The Balaban J connectivity index is 2.54. The summed E-state index contributed by atoms with van der Waals surface area (Å²) in [6.45, 7) is 7.38. The maximum absolute atomic E-state index is 11.6. The molecule has 24 heavy (non-hydrogen) atoms. The molecule has 0 saturated carbocycles. The Morgan fingerprint density at radius 3 is 2.38 bits per heavy atom. The van der Waals surface area contributed by atoms with Gasteiger partial charge in [-0.25, -0.2) is 0 Å². The van der Waals surface area contributed by atoms with Gasteiger partial charge in [0.25, 0.3) is 0 Å². The van der Waals surface area contributed by atoms with E-state index in [2.05, 4.69) is 19.2 Å². The van der Waals surface area contributed by atoms with Gasteiger partial charge in [-0.1, -0.05) is 32.4 Å². The van der Waals surface area contributed by atoms with Crippen LogP contribution >= 0.6 is 0 Å². The van der Waals surface area contributed by atoms with Crippen molar-refractivity contribution in [1.29, 1.82) is 0 Å². The van der Waals surface area contributed by atoms with Crippen LogP contribution in [0.3, 0.4) is 0 Å². The van der Waals surface area contributed by atoms with Crippen LogP contribution < -0.4 is 10.1 Å². The van der Waals surface area contributed by atoms with E-state index >= 15 is 0 Å². The molecule has 0 aliphatic carbocycles. The Kier molecular flexibility index (Phi) is 8.90. The number of carboxylic acid groups (broad SMARTS) is 1. The van der Waals surface area contributed by atoms with E-state index in [1.807, 2.05) is 0 Å². The molecule has 0 bridgehead atoms. The first kappa shape index (κ1) is 20.0. The van der Waals surface area contributed by atoms with Gasteiger partial charge in [-0.15, -0.1) is 0 Å². The van der Waals surface area contributed by atoms with Gasteiger partial charge in [-0.3, -0.25) is 9.59 Å². The fourth-order valence-electron chi connectivity index (χ4n) is 2.44. The molecule has 0 saturated heterocycles. The maximum Gasteiger partial charge on any atom is 0.311 e. The highest BCUT2D eigenvalue weighted by molar-refractivity contribution is 5.85. The van der Waals surface area contributed by atoms with Crippen molar-refractivity contribution in [2.24, 2.45) is 5.92 Å². The minimum atomic E-state index is -0.997. The van der Waals surface area contributed by atoms with E-state index in [0.717, 1.165) is 18.6 Å². The lowest BCUT2D eigenvalue weighted by molar-refractivity contribution is -0.140. The molecule has 134 valence electrons. The van der Waals surface area contributed by atoms with Crippen LogP contribution in [-0.4, -0.2) is 30.1 Å². The number of ether oxygens (including phenoxy) is 1. The third-order valence-corrected chi connectivity index (χ3v) is 3.79. The summed E-state index contributed by atoms with van der Waals surface area (Å²) in [5.74, 6) is -0.650. The first-order chi connectivity index (χ1) is 11.4. The van der Waals surface area contributed by atoms with Crippen molar-refractivity contribution in [2.75, 3.05) is 13.2 Å². The topological polar surface area (TPSA) is 75.6 Å². The summed E-state index contributed by atoms with van der Waals surface area (Å²) in [4.78, 5) is 23.1. The summed E-state index contributed by atoms with van der Waals surface area (Å²) in [6, 6.07) is 6.99. The van der Waals surface area contributed by atoms with Crippen molar-refractivity contribution in [3.05, 3.63) is 29.8 Å². The number of aliphatic carboxylic acids is 1. The smallest absolute Gasteiger partial charge is 0.311 e. The fraction of sp³-hybridized carbons (Fsp3) is 0.579. The quantitative estimate of drug-likeness (QED) is 0.606. The average molecular weight is 335 g/mol. The molecule has 0 radical (unpaired) electrons. The lowest BCUT2D eigenvalue weighted by atomic mass is 9.95. The molecule has 0 fully saturated rings. The molecule has 1 rings (SSSR count). The van der Waals surface area contributed by atoms with Crippen LogP contribution in [0.5, 0.6) is 5.75 Å². The van der Waals surface area contributed by atoms with Crippen LogP contribution in [0.1, 0.15) is 57.9 Å². The Bertz CT molecular complexity index is 511. The van der Waals surface area contributed by atoms with Crippen LogP contribution in [0.25, 0.3) is 0 Å². The molecule has 0 aliphatic rings. The number of carbonyl (C=O) groups is 2. The van der Waals surface area contributed by atoms with Crippen LogP contribution in [0, 0.1) is 5.92 Å². The largest absolute Gasteiger partial charge is 0.494 e. The molecule has 0 spiro atoms. The number of nitrogens with one attached hydrogen (secondary N) is 1. The van der Waals surface area contributed by atoms with E-state index in [-0.39, 0.29) is 12.3 Å². The van der Waals surface area contributed by atoms with Crippen molar-refractivity contribution in [3.8, 4) is 5.75 Å². The number of hydrogen-bond acceptors (Lipinski definition) is 3. The van der Waals surface area contributed by atoms with Crippen molar-refractivity contribution < 1.29 is 19.4 Å². The molecule has 5 heteroatoms. The summed E-state index contributed by atoms with van der Waals surface area (Å²) < 4.78 is 5.68. The zero-order valence-corrected chi connectivity index (χ0v) is 14.9. The van der Waals surface area contributed by atoms with Gasteiger partial charge in [-0.2, -0.15) is 0 Å². The number of benzene rings is 1. The second-order valence-electron chi connectivity index (χ2n) is 6.36. The molecule has 5 nitrogen and oxygen atoms in total. The lowest BCUT2D eigenvalue weighted by Crippen LogP contribution is -2.27. The minimum absolute atomic E-state index is 0.0570. The summed E-state index contributed by atoms with van der Waals surface area (Å²) in [7, 11) is 0. The highest BCUT2D eigenvalue weighted by atomic mass is 16.5. The van der Waals surface area contributed by atoms with Crippen LogP contribution in [0.4, 0.5) is 0 Å². The molecule has 0 aliphatic heterocycles. The first-order valence-corrected chi connectivity index (χ1v) is 8.66. The molecule has 1 amide bonds. The normalized spacial score (nSPS) is 12.0. The maximum atomic E-state index is 11.6. The SMILES string of the molecule is CCNC(=O)CC(C(=O)O)c1ccc(OCCCCC(C)C)cc1. The van der Waals surface area contributed by atoms with Gasteiger partial charge >= 0.3 is 5.97 Å². The van der Waals surface area contributed by atoms with E-state index < -0.39 is 11.9 Å². The van der Waals surface area contributed by atoms with Gasteiger partial charge in [0, 0.05) is 13.0 Å². The van der Waals surface area contributed by atoms with Crippen molar-refractivity contribution >= 4 is 11.9 Å². The number of carbonyl (C=O) groups excluding carboxylic acids is 1. The Morgan fingerprint density at radius 1 is 1.17 bits per heavy atom. The molecule has 1 atom stereocenters. The molecule has 1 aromatic rings. The Labute approximate surface area is 144 Å². The predicted molar refractivity (Wildman–Crippen MR) is 94.3 cm³/mol. The Hall–Kier alpha value is -2.04. The molecule has 1 aromatic carbocycles. The second-order valence-corrected chi connectivity index (χ2v) is 6.36. The van der Waals surface area contributed by atoms with Gasteiger partial charge < -0.3 is 15.2 Å². The molecular formula is C19H29NO4. The van der Waals surface area contributed by atoms with E-state index in [4.69, 9.17) is 4.74 Å². The molecule has 2 N–H and O–H groups in total. The monoisotopic (exact) mass is 335 g/mol. The molecule has 0 aromatic heterocycles. The number of rotatable bonds is 11. The summed E-state index contributed by atoms with van der Waals surface area (Å²) in [5, 5.41) is 12.0. The van der Waals surface area contributed by atoms with Gasteiger partial charge in [0.05, 0.1) is 12.5 Å². The third-order valence-electron chi connectivity index (χ3n) is 3.79. The molecular weight excluding hydrogens is 306 g/mol. The van der Waals surface area contributed by atoms with E-state index in [0.29, 0.717) is 24.6 Å². The number of amides is 1. The number of unbranched alkanes of at least 4 members (excludes halogenated alkanes) is 1. The molecule has 0 heterocycles. The van der Waals surface area contributed by atoms with Gasteiger partial charge in [-0.05, 0) is 43.4 Å². The van der Waals surface area contributed by atoms with Crippen LogP contribution in [0.15, 0.2) is 24.3 Å². The lowest BCUT2D eigenvalue weighted by Gasteiger charge is -2.13. The third kappa shape index (κ3) is 7.49. The fourth-order valence-corrected chi connectivity index (χ4v) is 2.44. The second kappa shape index (κ2) is 10.7. The highest BCUT2D eigenvalue weighted by Crippen LogP contribution is 2.23. The molecule has 1 unspecified atom stereocenters. The van der Waals surface area contributed by atoms with Crippen molar-refractivity contribution in [2.45, 2.75) is 52.4 Å². The first-order valence-electron chi connectivity index (χ1n) is 8.66. The zero-order valence-electron chi connectivity index (χ0n) is 14.9. The van der Waals surface area contributed by atoms with Gasteiger partial charge in [0.1, 0.15) is 5.75 Å². The predicted octanol–water partition coefficient (Wildman–Crippen LogP) is 3.59. The standard InChI is InChI=1S/C19H29NO4/c1-4-20-18(21)13-17(19(22)23)15-8-10-16(11-9-15)24-12-6-5-7-14(2)3/h8-11,14,17H,4-7,12-13H2,1-3H3,(H,20,21)(H,22,23). The summed E-state index contributed by atoms with van der Waals surface area (Å²) in [6.07, 6.45) is 3.29. The van der Waals surface area contributed by atoms with Gasteiger partial charge in [0.15, 0.2) is 0 Å². The Morgan fingerprint density at radius 2 is 1.83 bits per heavy atom. The summed E-state index contributed by atoms with van der Waals surface area (Å²) >= 11 is 0. The average Bonchev–Trinajstić information content (AvgIpc) is 2.53. The number of hydrogen-bond donors (Lipinski definition) is 2.